The van der Waals surface area contributed by atoms with Crippen LogP contribution in [-0.4, -0.2) is 5.78 Å². The minimum absolute atomic E-state index is 0.0727. The molecule has 0 atom stereocenters. The molecular formula is C16H19ClO. The van der Waals surface area contributed by atoms with Gasteiger partial charge in [0.2, 0.25) is 0 Å². The normalized spacial score (nSPS) is 17.2. The number of rotatable bonds is 3. The van der Waals surface area contributed by atoms with Crippen LogP contribution in [0.4, 0.5) is 0 Å². The van der Waals surface area contributed by atoms with Gasteiger partial charge in [-0.1, -0.05) is 36.6 Å². The van der Waals surface area contributed by atoms with Crippen LogP contribution in [0.2, 0.25) is 5.02 Å². The monoisotopic (exact) mass is 262 g/mol. The molecule has 1 aromatic carbocycles. The number of ketones is 1. The lowest BCUT2D eigenvalue weighted by molar-refractivity contribution is -0.112. The van der Waals surface area contributed by atoms with Crippen LogP contribution in [0.15, 0.2) is 24.3 Å². The van der Waals surface area contributed by atoms with Gasteiger partial charge in [-0.3, -0.25) is 4.79 Å². The van der Waals surface area contributed by atoms with Gasteiger partial charge < -0.3 is 0 Å². The third-order valence-corrected chi connectivity index (χ3v) is 4.00. The topological polar surface area (TPSA) is 17.1 Å². The summed E-state index contributed by atoms with van der Waals surface area (Å²) in [6.07, 6.45) is 6.78. The first-order chi connectivity index (χ1) is 8.58. The summed E-state index contributed by atoms with van der Waals surface area (Å²) in [5.41, 5.74) is 3.29. The van der Waals surface area contributed by atoms with Crippen molar-refractivity contribution in [2.75, 3.05) is 0 Å². The van der Waals surface area contributed by atoms with E-state index in [9.17, 15) is 4.79 Å². The van der Waals surface area contributed by atoms with Crippen molar-refractivity contribution >= 4 is 23.0 Å². The molecule has 0 radical (unpaired) electrons. The van der Waals surface area contributed by atoms with Crippen LogP contribution in [0.3, 0.4) is 0 Å². The maximum absolute atomic E-state index is 11.1. The van der Waals surface area contributed by atoms with E-state index >= 15 is 0 Å². The molecule has 2 heteroatoms. The Balaban J connectivity index is 2.27. The Hall–Kier alpha value is -1.08. The van der Waals surface area contributed by atoms with Crippen LogP contribution in [0.1, 0.15) is 56.6 Å². The highest BCUT2D eigenvalue weighted by Gasteiger charge is 2.19. The number of hydrogen-bond donors (Lipinski definition) is 0. The lowest BCUT2D eigenvalue weighted by Crippen LogP contribution is -1.95. The smallest absolute Gasteiger partial charge is 0.152 e. The molecule has 0 spiro atoms. The highest BCUT2D eigenvalue weighted by atomic mass is 35.5. The molecule has 0 aromatic heterocycles. The minimum atomic E-state index is 0.0727. The summed E-state index contributed by atoms with van der Waals surface area (Å²) in [5, 5.41) is 0.843. The van der Waals surface area contributed by atoms with Crippen molar-refractivity contribution in [3.05, 3.63) is 40.4 Å². The van der Waals surface area contributed by atoms with E-state index in [4.69, 9.17) is 11.6 Å². The zero-order valence-electron chi connectivity index (χ0n) is 11.0. The summed E-state index contributed by atoms with van der Waals surface area (Å²) in [4.78, 5) is 11.1. The molecule has 0 N–H and O–H groups in total. The first-order valence-electron chi connectivity index (χ1n) is 6.56. The van der Waals surface area contributed by atoms with Crippen molar-refractivity contribution < 1.29 is 4.79 Å². The van der Waals surface area contributed by atoms with E-state index in [1.165, 1.54) is 31.2 Å². The molecule has 1 nitrogen and oxygen atoms in total. The molecule has 1 saturated carbocycles. The molecule has 0 aliphatic heterocycles. The fraction of sp³-hybridized carbons (Fsp3) is 0.438. The van der Waals surface area contributed by atoms with E-state index in [1.54, 1.807) is 13.0 Å². The number of hydrogen-bond acceptors (Lipinski definition) is 1. The van der Waals surface area contributed by atoms with Crippen molar-refractivity contribution in [1.29, 1.82) is 0 Å². The third-order valence-electron chi connectivity index (χ3n) is 3.67. The Bertz CT molecular complexity index is 482. The van der Waals surface area contributed by atoms with E-state index in [1.807, 2.05) is 13.0 Å². The zero-order chi connectivity index (χ0) is 13.1. The maximum atomic E-state index is 11.1. The number of carbonyl (C=O) groups excluding carboxylic acids is 1. The van der Waals surface area contributed by atoms with Crippen molar-refractivity contribution in [2.24, 2.45) is 0 Å². The second-order valence-electron chi connectivity index (χ2n) is 5.16. The maximum Gasteiger partial charge on any atom is 0.152 e. The standard InChI is InChI=1S/C16H19ClO/c1-11(9-12(2)18)14-7-8-15(16(17)10-14)13-5-3-4-6-13/h7-10,13H,3-6H2,1-2H3/b11-9-. The highest BCUT2D eigenvalue weighted by molar-refractivity contribution is 6.31. The summed E-state index contributed by atoms with van der Waals surface area (Å²) in [5.74, 6) is 0.701. The van der Waals surface area contributed by atoms with Gasteiger partial charge in [0.1, 0.15) is 0 Å². The predicted molar refractivity (Wildman–Crippen MR) is 77.0 cm³/mol. The van der Waals surface area contributed by atoms with Crippen LogP contribution in [0.25, 0.3) is 5.57 Å². The van der Waals surface area contributed by atoms with Gasteiger partial charge in [-0.25, -0.2) is 0 Å². The van der Waals surface area contributed by atoms with Crippen LogP contribution < -0.4 is 0 Å². The SMILES string of the molecule is CC(=O)/C=C(/C)c1ccc(C2CCCC2)c(Cl)c1. The molecule has 0 heterocycles. The predicted octanol–water partition coefficient (Wildman–Crippen LogP) is 4.99. The Morgan fingerprint density at radius 3 is 2.50 bits per heavy atom. The molecular weight excluding hydrogens is 244 g/mol. The van der Waals surface area contributed by atoms with Crippen LogP contribution >= 0.6 is 11.6 Å². The Kier molecular flexibility index (Phi) is 4.23. The highest BCUT2D eigenvalue weighted by Crippen LogP contribution is 2.38. The number of allylic oxidation sites excluding steroid dienone is 2. The van der Waals surface area contributed by atoms with E-state index in [0.717, 1.165) is 16.2 Å². The molecule has 0 bridgehead atoms. The van der Waals surface area contributed by atoms with E-state index in [2.05, 4.69) is 12.1 Å². The van der Waals surface area contributed by atoms with Crippen LogP contribution in [0.5, 0.6) is 0 Å². The Morgan fingerprint density at radius 1 is 1.28 bits per heavy atom. The molecule has 2 rings (SSSR count). The quantitative estimate of drug-likeness (QED) is 0.702. The lowest BCUT2D eigenvalue weighted by atomic mass is 9.95. The lowest BCUT2D eigenvalue weighted by Gasteiger charge is -2.13. The summed E-state index contributed by atoms with van der Waals surface area (Å²) < 4.78 is 0. The van der Waals surface area contributed by atoms with Gasteiger partial charge in [0.15, 0.2) is 5.78 Å². The van der Waals surface area contributed by atoms with Crippen molar-refractivity contribution in [1.82, 2.24) is 0 Å². The first-order valence-corrected chi connectivity index (χ1v) is 6.94. The van der Waals surface area contributed by atoms with Crippen LogP contribution in [0, 0.1) is 0 Å². The zero-order valence-corrected chi connectivity index (χ0v) is 11.8. The second kappa shape index (κ2) is 5.71. The van der Waals surface area contributed by atoms with E-state index in [0.29, 0.717) is 5.92 Å². The third kappa shape index (κ3) is 3.02. The number of benzene rings is 1. The average Bonchev–Trinajstić information content (AvgIpc) is 2.81. The molecule has 96 valence electrons. The molecule has 1 aliphatic carbocycles. The van der Waals surface area contributed by atoms with Gasteiger partial charge in [0.25, 0.3) is 0 Å². The van der Waals surface area contributed by atoms with Crippen LogP contribution in [-0.2, 0) is 4.79 Å². The summed E-state index contributed by atoms with van der Waals surface area (Å²) in [6.45, 7) is 3.51. The van der Waals surface area contributed by atoms with Gasteiger partial charge in [-0.05, 0) is 61.4 Å². The molecule has 1 aliphatic rings. The average molecular weight is 263 g/mol. The van der Waals surface area contributed by atoms with Gasteiger partial charge >= 0.3 is 0 Å². The van der Waals surface area contributed by atoms with E-state index < -0.39 is 0 Å². The largest absolute Gasteiger partial charge is 0.295 e. The van der Waals surface area contributed by atoms with Gasteiger partial charge in [-0.15, -0.1) is 0 Å². The van der Waals surface area contributed by atoms with Crippen molar-refractivity contribution in [2.45, 2.75) is 45.4 Å². The fourth-order valence-corrected chi connectivity index (χ4v) is 3.06. The van der Waals surface area contributed by atoms with Crippen molar-refractivity contribution in [3.8, 4) is 0 Å². The Labute approximate surface area is 114 Å². The minimum Gasteiger partial charge on any atom is -0.295 e. The first kappa shape index (κ1) is 13.4. The van der Waals surface area contributed by atoms with Gasteiger partial charge in [0, 0.05) is 5.02 Å². The Morgan fingerprint density at radius 2 is 1.94 bits per heavy atom. The summed E-state index contributed by atoms with van der Waals surface area (Å²) in [7, 11) is 0. The fourth-order valence-electron chi connectivity index (χ4n) is 2.73. The van der Waals surface area contributed by atoms with Crippen molar-refractivity contribution in [3.63, 3.8) is 0 Å². The summed E-state index contributed by atoms with van der Waals surface area (Å²) >= 11 is 6.38. The van der Waals surface area contributed by atoms with Gasteiger partial charge in [0.05, 0.1) is 0 Å². The molecule has 0 unspecified atom stereocenters. The molecule has 18 heavy (non-hydrogen) atoms. The molecule has 1 fully saturated rings. The number of halogens is 1. The second-order valence-corrected chi connectivity index (χ2v) is 5.56. The summed E-state index contributed by atoms with van der Waals surface area (Å²) in [6, 6.07) is 6.20. The molecule has 1 aromatic rings. The molecule has 0 saturated heterocycles. The van der Waals surface area contributed by atoms with Gasteiger partial charge in [-0.2, -0.15) is 0 Å². The molecule has 0 amide bonds. The van der Waals surface area contributed by atoms with E-state index in [-0.39, 0.29) is 5.78 Å². The number of carbonyl (C=O) groups is 1.